The summed E-state index contributed by atoms with van der Waals surface area (Å²) in [5.41, 5.74) is 2.67. The van der Waals surface area contributed by atoms with Crippen LogP contribution in [0.1, 0.15) is 12.5 Å². The first-order valence-corrected chi connectivity index (χ1v) is 5.40. The van der Waals surface area contributed by atoms with Crippen LogP contribution in [0, 0.1) is 5.92 Å². The monoisotopic (exact) mass is 205 g/mol. The third kappa shape index (κ3) is 1.02. The number of benzene rings is 1. The third-order valence-electron chi connectivity index (χ3n) is 3.04. The second-order valence-corrected chi connectivity index (χ2v) is 4.65. The summed E-state index contributed by atoms with van der Waals surface area (Å²) in [6.07, 6.45) is 3.28. The molecule has 0 amide bonds. The van der Waals surface area contributed by atoms with E-state index in [0.29, 0.717) is 5.92 Å². The van der Waals surface area contributed by atoms with Gasteiger partial charge in [0.25, 0.3) is 0 Å². The first-order valence-electron chi connectivity index (χ1n) is 5.02. The number of hydrogen-bond donors (Lipinski definition) is 0. The number of aromatic nitrogens is 1. The molecule has 1 aliphatic rings. The zero-order valence-electron chi connectivity index (χ0n) is 8.13. The topological polar surface area (TPSA) is 4.93 Å². The third-order valence-corrected chi connectivity index (χ3v) is 3.39. The molecule has 2 heteroatoms. The summed E-state index contributed by atoms with van der Waals surface area (Å²) in [6.45, 7) is 3.40. The Balaban J connectivity index is 2.41. The molecule has 72 valence electrons. The van der Waals surface area contributed by atoms with E-state index in [-0.39, 0.29) is 0 Å². The van der Waals surface area contributed by atoms with E-state index < -0.39 is 0 Å². The second kappa shape index (κ2) is 2.77. The van der Waals surface area contributed by atoms with Gasteiger partial charge < -0.3 is 4.57 Å². The minimum absolute atomic E-state index is 0.693. The van der Waals surface area contributed by atoms with Crippen LogP contribution < -0.4 is 0 Å². The number of rotatable bonds is 0. The van der Waals surface area contributed by atoms with Crippen LogP contribution in [-0.2, 0) is 13.0 Å². The van der Waals surface area contributed by atoms with Crippen molar-refractivity contribution in [2.45, 2.75) is 19.9 Å². The van der Waals surface area contributed by atoms with Crippen LogP contribution in [0.2, 0.25) is 5.02 Å². The van der Waals surface area contributed by atoms with E-state index >= 15 is 0 Å². The Morgan fingerprint density at radius 2 is 2.21 bits per heavy atom. The average molecular weight is 206 g/mol. The zero-order valence-corrected chi connectivity index (χ0v) is 8.88. The van der Waals surface area contributed by atoms with Crippen LogP contribution in [0.25, 0.3) is 10.9 Å². The van der Waals surface area contributed by atoms with E-state index in [1.807, 2.05) is 6.07 Å². The normalized spacial score (nSPS) is 20.3. The van der Waals surface area contributed by atoms with Crippen LogP contribution in [0.3, 0.4) is 0 Å². The van der Waals surface area contributed by atoms with Gasteiger partial charge in [-0.1, -0.05) is 24.6 Å². The lowest BCUT2D eigenvalue weighted by molar-refractivity contribution is 0.471. The molecule has 0 radical (unpaired) electrons. The van der Waals surface area contributed by atoms with Crippen LogP contribution in [0.4, 0.5) is 0 Å². The van der Waals surface area contributed by atoms with E-state index in [2.05, 4.69) is 29.8 Å². The molecule has 1 aromatic carbocycles. The van der Waals surface area contributed by atoms with Gasteiger partial charge in [-0.25, -0.2) is 0 Å². The van der Waals surface area contributed by atoms with Crippen molar-refractivity contribution in [3.8, 4) is 0 Å². The first-order chi connectivity index (χ1) is 6.75. The molecule has 1 atom stereocenters. The molecule has 1 unspecified atom stereocenters. The molecule has 1 nitrogen and oxygen atoms in total. The van der Waals surface area contributed by atoms with Gasteiger partial charge in [-0.2, -0.15) is 0 Å². The standard InChI is InChI=1S/C12H12ClN/c1-8-6-10-11(13)3-2-9-4-5-14(7-8)12(9)10/h2-5,8H,6-7H2,1H3. The molecular formula is C12H12ClN. The van der Waals surface area contributed by atoms with Crippen molar-refractivity contribution >= 4 is 22.5 Å². The molecule has 0 saturated carbocycles. The summed E-state index contributed by atoms with van der Waals surface area (Å²) < 4.78 is 2.32. The summed E-state index contributed by atoms with van der Waals surface area (Å²) in [4.78, 5) is 0. The van der Waals surface area contributed by atoms with E-state index in [9.17, 15) is 0 Å². The molecule has 2 aromatic rings. The molecular weight excluding hydrogens is 194 g/mol. The second-order valence-electron chi connectivity index (χ2n) is 4.24. The summed E-state index contributed by atoms with van der Waals surface area (Å²) in [7, 11) is 0. The smallest absolute Gasteiger partial charge is 0.0527 e. The van der Waals surface area contributed by atoms with Gasteiger partial charge in [-0.15, -0.1) is 0 Å². The van der Waals surface area contributed by atoms with Gasteiger partial charge >= 0.3 is 0 Å². The van der Waals surface area contributed by atoms with Gasteiger partial charge in [0, 0.05) is 17.8 Å². The van der Waals surface area contributed by atoms with Gasteiger partial charge in [0.2, 0.25) is 0 Å². The van der Waals surface area contributed by atoms with Crippen molar-refractivity contribution in [1.29, 1.82) is 0 Å². The van der Waals surface area contributed by atoms with Gasteiger partial charge in [0.1, 0.15) is 0 Å². The van der Waals surface area contributed by atoms with Crippen molar-refractivity contribution in [2.24, 2.45) is 5.92 Å². The summed E-state index contributed by atoms with van der Waals surface area (Å²) >= 11 is 6.22. The van der Waals surface area contributed by atoms with Gasteiger partial charge in [-0.05, 0) is 35.4 Å². The lowest BCUT2D eigenvalue weighted by Crippen LogP contribution is -2.16. The molecule has 0 aliphatic carbocycles. The Bertz CT molecular complexity index is 498. The number of halogens is 1. The van der Waals surface area contributed by atoms with Crippen LogP contribution in [0.15, 0.2) is 24.4 Å². The highest BCUT2D eigenvalue weighted by atomic mass is 35.5. The summed E-state index contributed by atoms with van der Waals surface area (Å²) in [6, 6.07) is 6.29. The fraction of sp³-hybridized carbons (Fsp3) is 0.333. The van der Waals surface area contributed by atoms with Crippen LogP contribution >= 0.6 is 11.6 Å². The minimum atomic E-state index is 0.693. The van der Waals surface area contributed by atoms with Crippen molar-refractivity contribution in [3.63, 3.8) is 0 Å². The Labute approximate surface area is 88.3 Å². The number of nitrogens with zero attached hydrogens (tertiary/aromatic N) is 1. The van der Waals surface area contributed by atoms with Crippen LogP contribution in [-0.4, -0.2) is 4.57 Å². The van der Waals surface area contributed by atoms with Crippen molar-refractivity contribution in [2.75, 3.05) is 0 Å². The molecule has 1 aromatic heterocycles. The predicted molar refractivity (Wildman–Crippen MR) is 59.8 cm³/mol. The lowest BCUT2D eigenvalue weighted by Gasteiger charge is -2.22. The maximum atomic E-state index is 6.22. The van der Waals surface area contributed by atoms with E-state index in [0.717, 1.165) is 18.0 Å². The van der Waals surface area contributed by atoms with E-state index in [4.69, 9.17) is 11.6 Å². The lowest BCUT2D eigenvalue weighted by atomic mass is 9.96. The maximum Gasteiger partial charge on any atom is 0.0527 e. The largest absolute Gasteiger partial charge is 0.347 e. The summed E-state index contributed by atoms with van der Waals surface area (Å²) in [5.74, 6) is 0.693. The average Bonchev–Trinajstić information content (AvgIpc) is 2.55. The molecule has 1 aliphatic heterocycles. The fourth-order valence-electron chi connectivity index (χ4n) is 2.44. The zero-order chi connectivity index (χ0) is 9.71. The highest BCUT2D eigenvalue weighted by Gasteiger charge is 2.19. The molecule has 0 bridgehead atoms. The van der Waals surface area contributed by atoms with E-state index in [1.54, 1.807) is 0 Å². The summed E-state index contributed by atoms with van der Waals surface area (Å²) in [5, 5.41) is 2.24. The Morgan fingerprint density at radius 3 is 3.07 bits per heavy atom. The minimum Gasteiger partial charge on any atom is -0.347 e. The van der Waals surface area contributed by atoms with Gasteiger partial charge in [-0.3, -0.25) is 0 Å². The van der Waals surface area contributed by atoms with Gasteiger partial charge in [0.05, 0.1) is 5.52 Å². The Kier molecular flexibility index (Phi) is 1.65. The Hall–Kier alpha value is -0.950. The molecule has 2 heterocycles. The fourth-order valence-corrected chi connectivity index (χ4v) is 2.67. The highest BCUT2D eigenvalue weighted by molar-refractivity contribution is 6.32. The van der Waals surface area contributed by atoms with Crippen molar-refractivity contribution in [1.82, 2.24) is 4.57 Å². The quantitative estimate of drug-likeness (QED) is 0.621. The molecule has 0 fully saturated rings. The van der Waals surface area contributed by atoms with Crippen LogP contribution in [0.5, 0.6) is 0 Å². The molecule has 0 N–H and O–H groups in total. The van der Waals surface area contributed by atoms with E-state index in [1.165, 1.54) is 16.5 Å². The van der Waals surface area contributed by atoms with Gasteiger partial charge in [0.15, 0.2) is 0 Å². The highest BCUT2D eigenvalue weighted by Crippen LogP contribution is 2.33. The first kappa shape index (κ1) is 8.37. The Morgan fingerprint density at radius 1 is 1.36 bits per heavy atom. The molecule has 14 heavy (non-hydrogen) atoms. The molecule has 0 saturated heterocycles. The SMILES string of the molecule is CC1Cc2c(Cl)ccc3ccn(c23)C1. The molecule has 3 rings (SSSR count). The molecule has 0 spiro atoms. The maximum absolute atomic E-state index is 6.22. The predicted octanol–water partition coefficient (Wildman–Crippen LogP) is 3.49. The van der Waals surface area contributed by atoms with Crippen molar-refractivity contribution in [3.05, 3.63) is 35.0 Å². The number of hydrogen-bond acceptors (Lipinski definition) is 0. The van der Waals surface area contributed by atoms with Crippen molar-refractivity contribution < 1.29 is 0 Å².